The zero-order chi connectivity index (χ0) is 13.3. The van der Waals surface area contributed by atoms with E-state index in [4.69, 9.17) is 4.74 Å². The van der Waals surface area contributed by atoms with Crippen molar-refractivity contribution in [1.29, 1.82) is 0 Å². The number of benzene rings is 2. The predicted octanol–water partition coefficient (Wildman–Crippen LogP) is 3.67. The lowest BCUT2D eigenvalue weighted by Crippen LogP contribution is -2.39. The van der Waals surface area contributed by atoms with Crippen molar-refractivity contribution in [3.63, 3.8) is 0 Å². The number of fused-ring (bicyclic) bond motifs is 1. The van der Waals surface area contributed by atoms with Crippen LogP contribution in [-0.4, -0.2) is 19.3 Å². The summed E-state index contributed by atoms with van der Waals surface area (Å²) in [6.45, 7) is 3.10. The Morgan fingerprint density at radius 3 is 2.68 bits per heavy atom. The Kier molecular flexibility index (Phi) is 3.29. The van der Waals surface area contributed by atoms with Crippen molar-refractivity contribution < 1.29 is 4.74 Å². The molecule has 1 aliphatic rings. The fraction of sp³-hybridized carbons (Fsp3) is 0.412. The van der Waals surface area contributed by atoms with Gasteiger partial charge in [0.15, 0.2) is 0 Å². The summed E-state index contributed by atoms with van der Waals surface area (Å²) >= 11 is 0. The van der Waals surface area contributed by atoms with Crippen LogP contribution in [0.3, 0.4) is 0 Å². The molecule has 0 saturated carbocycles. The monoisotopic (exact) mass is 255 g/mol. The Bertz CT molecular complexity index is 567. The molecule has 3 rings (SSSR count). The first kappa shape index (κ1) is 12.6. The molecular weight excluding hydrogens is 234 g/mol. The second-order valence-electron chi connectivity index (χ2n) is 5.55. The Labute approximate surface area is 114 Å². The van der Waals surface area contributed by atoms with Crippen LogP contribution in [0.2, 0.25) is 0 Å². The van der Waals surface area contributed by atoms with E-state index in [9.17, 15) is 0 Å². The van der Waals surface area contributed by atoms with E-state index in [0.29, 0.717) is 0 Å². The van der Waals surface area contributed by atoms with Crippen molar-refractivity contribution in [2.24, 2.45) is 0 Å². The Hall–Kier alpha value is -1.38. The standard InChI is InChI=1S/C17H21NO/c1-17(11-6-12-19-17)16(18-2)15-10-5-8-13-7-3-4-9-14(13)15/h3-5,7-10,16,18H,6,11-12H2,1-2H3. The first-order chi connectivity index (χ1) is 9.24. The first-order valence-corrected chi connectivity index (χ1v) is 7.03. The molecule has 0 aromatic heterocycles. The average molecular weight is 255 g/mol. The maximum absolute atomic E-state index is 6.03. The van der Waals surface area contributed by atoms with Crippen LogP contribution in [0.15, 0.2) is 42.5 Å². The van der Waals surface area contributed by atoms with E-state index in [1.807, 2.05) is 7.05 Å². The van der Waals surface area contributed by atoms with Gasteiger partial charge in [0.25, 0.3) is 0 Å². The molecule has 19 heavy (non-hydrogen) atoms. The van der Waals surface area contributed by atoms with Crippen LogP contribution < -0.4 is 5.32 Å². The summed E-state index contributed by atoms with van der Waals surface area (Å²) in [5, 5.41) is 6.08. The molecule has 2 atom stereocenters. The molecule has 0 radical (unpaired) electrons. The highest BCUT2D eigenvalue weighted by Crippen LogP contribution is 2.39. The van der Waals surface area contributed by atoms with Crippen molar-refractivity contribution >= 4 is 10.8 Å². The zero-order valence-electron chi connectivity index (χ0n) is 11.6. The van der Waals surface area contributed by atoms with Crippen molar-refractivity contribution in [1.82, 2.24) is 5.32 Å². The lowest BCUT2D eigenvalue weighted by Gasteiger charge is -2.34. The molecule has 2 aromatic rings. The average Bonchev–Trinajstić information content (AvgIpc) is 2.87. The normalized spacial score (nSPS) is 24.7. The summed E-state index contributed by atoms with van der Waals surface area (Å²) in [5.41, 5.74) is 1.24. The lowest BCUT2D eigenvalue weighted by molar-refractivity contribution is -0.0101. The maximum Gasteiger partial charge on any atom is 0.0849 e. The number of hydrogen-bond donors (Lipinski definition) is 1. The van der Waals surface area contributed by atoms with Gasteiger partial charge in [-0.15, -0.1) is 0 Å². The van der Waals surface area contributed by atoms with Gasteiger partial charge in [-0.05, 0) is 43.1 Å². The highest BCUT2D eigenvalue weighted by molar-refractivity contribution is 5.86. The third kappa shape index (κ3) is 2.15. The molecule has 0 spiro atoms. The molecule has 1 heterocycles. The van der Waals surface area contributed by atoms with Gasteiger partial charge in [-0.3, -0.25) is 0 Å². The van der Waals surface area contributed by atoms with Crippen molar-refractivity contribution in [2.45, 2.75) is 31.4 Å². The number of likely N-dealkylation sites (N-methyl/N-ethyl adjacent to an activating group) is 1. The number of rotatable bonds is 3. The van der Waals surface area contributed by atoms with Gasteiger partial charge in [0.2, 0.25) is 0 Å². The van der Waals surface area contributed by atoms with E-state index >= 15 is 0 Å². The van der Waals surface area contributed by atoms with Crippen LogP contribution in [-0.2, 0) is 4.74 Å². The molecule has 0 bridgehead atoms. The third-order valence-corrected chi connectivity index (χ3v) is 4.28. The molecule has 0 aliphatic carbocycles. The Balaban J connectivity index is 2.11. The van der Waals surface area contributed by atoms with Gasteiger partial charge in [-0.1, -0.05) is 42.5 Å². The first-order valence-electron chi connectivity index (χ1n) is 7.03. The topological polar surface area (TPSA) is 21.3 Å². The van der Waals surface area contributed by atoms with Gasteiger partial charge in [0.05, 0.1) is 11.6 Å². The van der Waals surface area contributed by atoms with Crippen LogP contribution >= 0.6 is 0 Å². The van der Waals surface area contributed by atoms with Crippen LogP contribution in [0.25, 0.3) is 10.8 Å². The van der Waals surface area contributed by atoms with Gasteiger partial charge in [-0.2, -0.15) is 0 Å². The summed E-state index contributed by atoms with van der Waals surface area (Å²) in [4.78, 5) is 0. The summed E-state index contributed by atoms with van der Waals surface area (Å²) in [6, 6.07) is 15.3. The number of ether oxygens (including phenoxy) is 1. The molecule has 100 valence electrons. The number of nitrogens with one attached hydrogen (secondary N) is 1. The van der Waals surface area contributed by atoms with Crippen molar-refractivity contribution in [3.8, 4) is 0 Å². The second-order valence-corrected chi connectivity index (χ2v) is 5.55. The predicted molar refractivity (Wildman–Crippen MR) is 79.3 cm³/mol. The van der Waals surface area contributed by atoms with Crippen molar-refractivity contribution in [2.75, 3.05) is 13.7 Å². The molecule has 1 N–H and O–H groups in total. The molecule has 0 amide bonds. The van der Waals surface area contributed by atoms with Gasteiger partial charge in [-0.25, -0.2) is 0 Å². The molecule has 1 saturated heterocycles. The van der Waals surface area contributed by atoms with Gasteiger partial charge >= 0.3 is 0 Å². The molecule has 1 fully saturated rings. The fourth-order valence-electron chi connectivity index (χ4n) is 3.32. The van der Waals surface area contributed by atoms with E-state index in [1.54, 1.807) is 0 Å². The largest absolute Gasteiger partial charge is 0.373 e. The fourth-order valence-corrected chi connectivity index (χ4v) is 3.32. The van der Waals surface area contributed by atoms with Crippen LogP contribution in [0.1, 0.15) is 31.4 Å². The van der Waals surface area contributed by atoms with Crippen LogP contribution in [0.4, 0.5) is 0 Å². The van der Waals surface area contributed by atoms with E-state index in [1.165, 1.54) is 16.3 Å². The zero-order valence-corrected chi connectivity index (χ0v) is 11.6. The van der Waals surface area contributed by atoms with E-state index in [0.717, 1.165) is 19.4 Å². The van der Waals surface area contributed by atoms with Gasteiger partial charge < -0.3 is 10.1 Å². The molecule has 2 heteroatoms. The van der Waals surface area contributed by atoms with Crippen LogP contribution in [0.5, 0.6) is 0 Å². The molecule has 2 unspecified atom stereocenters. The van der Waals surface area contributed by atoms with Crippen molar-refractivity contribution in [3.05, 3.63) is 48.0 Å². The molecule has 1 aliphatic heterocycles. The van der Waals surface area contributed by atoms with Gasteiger partial charge in [0, 0.05) is 6.61 Å². The van der Waals surface area contributed by atoms with E-state index in [2.05, 4.69) is 54.7 Å². The molecule has 2 nitrogen and oxygen atoms in total. The maximum atomic E-state index is 6.03. The number of hydrogen-bond acceptors (Lipinski definition) is 2. The highest BCUT2D eigenvalue weighted by Gasteiger charge is 2.38. The summed E-state index contributed by atoms with van der Waals surface area (Å²) in [6.07, 6.45) is 2.27. The minimum absolute atomic E-state index is 0.0983. The highest BCUT2D eigenvalue weighted by atomic mass is 16.5. The second kappa shape index (κ2) is 4.95. The van der Waals surface area contributed by atoms with Gasteiger partial charge in [0.1, 0.15) is 0 Å². The smallest absolute Gasteiger partial charge is 0.0849 e. The Morgan fingerprint density at radius 1 is 1.16 bits per heavy atom. The quantitative estimate of drug-likeness (QED) is 0.903. The summed E-state index contributed by atoms with van der Waals surface area (Å²) in [7, 11) is 2.03. The SMILES string of the molecule is CNC(c1cccc2ccccc12)C1(C)CCCO1. The van der Waals surface area contributed by atoms with E-state index in [-0.39, 0.29) is 11.6 Å². The minimum atomic E-state index is -0.0983. The molecule has 2 aromatic carbocycles. The molecular formula is C17H21NO. The van der Waals surface area contributed by atoms with Crippen LogP contribution in [0, 0.1) is 0 Å². The Morgan fingerprint density at radius 2 is 1.95 bits per heavy atom. The lowest BCUT2D eigenvalue weighted by atomic mass is 9.85. The summed E-state index contributed by atoms with van der Waals surface area (Å²) < 4.78 is 6.03. The van der Waals surface area contributed by atoms with E-state index < -0.39 is 0 Å². The third-order valence-electron chi connectivity index (χ3n) is 4.28. The summed E-state index contributed by atoms with van der Waals surface area (Å²) in [5.74, 6) is 0. The minimum Gasteiger partial charge on any atom is -0.373 e.